The number of nitrogens with zero attached hydrogens (tertiary/aromatic N) is 2. The van der Waals surface area contributed by atoms with Crippen molar-refractivity contribution >= 4 is 10.9 Å². The van der Waals surface area contributed by atoms with Crippen molar-refractivity contribution in [1.29, 1.82) is 0 Å². The van der Waals surface area contributed by atoms with E-state index >= 15 is 0 Å². The highest BCUT2D eigenvalue weighted by atomic mass is 16.3. The molecule has 0 spiro atoms. The second kappa shape index (κ2) is 7.44. The van der Waals surface area contributed by atoms with E-state index in [0.717, 1.165) is 17.0 Å². The fourth-order valence-corrected chi connectivity index (χ4v) is 3.31. The van der Waals surface area contributed by atoms with Crippen LogP contribution in [0.4, 0.5) is 0 Å². The molecule has 5 nitrogen and oxygen atoms in total. The molecule has 0 saturated heterocycles. The van der Waals surface area contributed by atoms with E-state index in [1.807, 2.05) is 61.5 Å². The summed E-state index contributed by atoms with van der Waals surface area (Å²) in [6.07, 6.45) is 1.65. The SMILES string of the molecule is Cc1ccc(-n2c([C@H](C)NCc3ccco3)nc3ccccc3c2=O)cc1C. The van der Waals surface area contributed by atoms with Gasteiger partial charge in [-0.2, -0.15) is 0 Å². The monoisotopic (exact) mass is 373 g/mol. The standard InChI is InChI=1S/C23H23N3O2/c1-15-10-11-18(13-16(15)2)26-22(17(3)24-14-19-7-6-12-28-19)25-21-9-5-4-8-20(21)23(26)27/h4-13,17,24H,14H2,1-3H3/t17-/m0/s1. The highest BCUT2D eigenvalue weighted by molar-refractivity contribution is 5.77. The normalized spacial score (nSPS) is 12.4. The number of hydrogen-bond donors (Lipinski definition) is 1. The molecule has 2 aromatic heterocycles. The lowest BCUT2D eigenvalue weighted by atomic mass is 10.1. The van der Waals surface area contributed by atoms with E-state index in [4.69, 9.17) is 9.40 Å². The zero-order valence-corrected chi connectivity index (χ0v) is 16.3. The first-order valence-corrected chi connectivity index (χ1v) is 9.39. The lowest BCUT2D eigenvalue weighted by Gasteiger charge is -2.20. The number of para-hydroxylation sites is 1. The Morgan fingerprint density at radius 2 is 1.89 bits per heavy atom. The maximum atomic E-state index is 13.4. The van der Waals surface area contributed by atoms with E-state index in [9.17, 15) is 4.79 Å². The summed E-state index contributed by atoms with van der Waals surface area (Å²) in [7, 11) is 0. The molecule has 0 aliphatic heterocycles. The summed E-state index contributed by atoms with van der Waals surface area (Å²) in [5, 5.41) is 4.03. The zero-order chi connectivity index (χ0) is 19.7. The van der Waals surface area contributed by atoms with Gasteiger partial charge in [0.15, 0.2) is 0 Å². The highest BCUT2D eigenvalue weighted by Crippen LogP contribution is 2.20. The molecule has 5 heteroatoms. The zero-order valence-electron chi connectivity index (χ0n) is 16.3. The summed E-state index contributed by atoms with van der Waals surface area (Å²) in [6, 6.07) is 17.2. The van der Waals surface area contributed by atoms with Crippen molar-refractivity contribution in [2.75, 3.05) is 0 Å². The highest BCUT2D eigenvalue weighted by Gasteiger charge is 2.18. The molecule has 1 N–H and O–H groups in total. The molecule has 28 heavy (non-hydrogen) atoms. The first-order chi connectivity index (χ1) is 13.5. The van der Waals surface area contributed by atoms with Gasteiger partial charge in [-0.15, -0.1) is 0 Å². The van der Waals surface area contributed by atoms with Gasteiger partial charge < -0.3 is 9.73 Å². The molecule has 0 aliphatic rings. The van der Waals surface area contributed by atoms with Gasteiger partial charge in [0.25, 0.3) is 5.56 Å². The third kappa shape index (κ3) is 3.37. The molecule has 0 fully saturated rings. The smallest absolute Gasteiger partial charge is 0.266 e. The first-order valence-electron chi connectivity index (χ1n) is 9.39. The van der Waals surface area contributed by atoms with E-state index in [0.29, 0.717) is 23.3 Å². The van der Waals surface area contributed by atoms with Crippen LogP contribution in [-0.4, -0.2) is 9.55 Å². The minimum absolute atomic E-state index is 0.0597. The second-order valence-corrected chi connectivity index (χ2v) is 7.08. The molecular weight excluding hydrogens is 350 g/mol. The lowest BCUT2D eigenvalue weighted by Crippen LogP contribution is -2.30. The van der Waals surface area contributed by atoms with Crippen LogP contribution in [0.3, 0.4) is 0 Å². The Kier molecular flexibility index (Phi) is 4.84. The van der Waals surface area contributed by atoms with Crippen molar-refractivity contribution in [3.63, 3.8) is 0 Å². The Morgan fingerprint density at radius 1 is 1.07 bits per heavy atom. The van der Waals surface area contributed by atoms with E-state index in [-0.39, 0.29) is 11.6 Å². The molecule has 0 aliphatic carbocycles. The summed E-state index contributed by atoms with van der Waals surface area (Å²) in [6.45, 7) is 6.69. The summed E-state index contributed by atoms with van der Waals surface area (Å²) >= 11 is 0. The fraction of sp³-hybridized carbons (Fsp3) is 0.217. The predicted octanol–water partition coefficient (Wildman–Crippen LogP) is 4.45. The quantitative estimate of drug-likeness (QED) is 0.562. The maximum absolute atomic E-state index is 13.4. The Balaban J connectivity index is 1.85. The molecule has 4 aromatic rings. The topological polar surface area (TPSA) is 60.1 Å². The Morgan fingerprint density at radius 3 is 2.64 bits per heavy atom. The molecule has 0 amide bonds. The Bertz CT molecular complexity index is 1180. The Hall–Kier alpha value is -3.18. The number of aromatic nitrogens is 2. The molecule has 4 rings (SSSR count). The largest absolute Gasteiger partial charge is 0.468 e. The summed E-state index contributed by atoms with van der Waals surface area (Å²) < 4.78 is 7.12. The van der Waals surface area contributed by atoms with Crippen LogP contribution < -0.4 is 10.9 Å². The van der Waals surface area contributed by atoms with Crippen molar-refractivity contribution in [3.05, 3.63) is 93.9 Å². The van der Waals surface area contributed by atoms with Crippen LogP contribution in [0.25, 0.3) is 16.6 Å². The molecule has 142 valence electrons. The van der Waals surface area contributed by atoms with Crippen LogP contribution in [0.1, 0.15) is 35.7 Å². The Labute approximate surface area is 163 Å². The summed E-state index contributed by atoms with van der Waals surface area (Å²) in [5.74, 6) is 1.52. The van der Waals surface area contributed by atoms with Gasteiger partial charge in [-0.3, -0.25) is 9.36 Å². The minimum atomic E-state index is -0.149. The molecule has 0 bridgehead atoms. The van der Waals surface area contributed by atoms with E-state index in [2.05, 4.69) is 19.2 Å². The number of nitrogens with one attached hydrogen (secondary N) is 1. The number of fused-ring (bicyclic) bond motifs is 1. The number of benzene rings is 2. The van der Waals surface area contributed by atoms with Crippen molar-refractivity contribution in [1.82, 2.24) is 14.9 Å². The first kappa shape index (κ1) is 18.2. The van der Waals surface area contributed by atoms with Crippen molar-refractivity contribution in [3.8, 4) is 5.69 Å². The minimum Gasteiger partial charge on any atom is -0.468 e. The molecule has 0 saturated carbocycles. The fourth-order valence-electron chi connectivity index (χ4n) is 3.31. The number of rotatable bonds is 5. The third-order valence-electron chi connectivity index (χ3n) is 5.10. The predicted molar refractivity (Wildman–Crippen MR) is 111 cm³/mol. The van der Waals surface area contributed by atoms with Crippen LogP contribution in [0.15, 0.2) is 70.1 Å². The summed E-state index contributed by atoms with van der Waals surface area (Å²) in [5.41, 5.74) is 3.80. The van der Waals surface area contributed by atoms with Gasteiger partial charge in [0.2, 0.25) is 0 Å². The average molecular weight is 373 g/mol. The van der Waals surface area contributed by atoms with Gasteiger partial charge in [-0.1, -0.05) is 18.2 Å². The number of furan rings is 1. The van der Waals surface area contributed by atoms with E-state index in [1.165, 1.54) is 5.56 Å². The van der Waals surface area contributed by atoms with Gasteiger partial charge in [0, 0.05) is 0 Å². The van der Waals surface area contributed by atoms with Gasteiger partial charge in [0.1, 0.15) is 11.6 Å². The van der Waals surface area contributed by atoms with E-state index < -0.39 is 0 Å². The number of hydrogen-bond acceptors (Lipinski definition) is 4. The summed E-state index contributed by atoms with van der Waals surface area (Å²) in [4.78, 5) is 18.2. The van der Waals surface area contributed by atoms with Crippen molar-refractivity contribution in [2.24, 2.45) is 0 Å². The van der Waals surface area contributed by atoms with E-state index in [1.54, 1.807) is 10.8 Å². The van der Waals surface area contributed by atoms with Crippen molar-refractivity contribution < 1.29 is 4.42 Å². The van der Waals surface area contributed by atoms with Crippen LogP contribution in [-0.2, 0) is 6.54 Å². The third-order valence-corrected chi connectivity index (χ3v) is 5.10. The van der Waals surface area contributed by atoms with Crippen LogP contribution >= 0.6 is 0 Å². The lowest BCUT2D eigenvalue weighted by molar-refractivity contribution is 0.450. The molecule has 1 atom stereocenters. The van der Waals surface area contributed by atoms with Crippen LogP contribution in [0.2, 0.25) is 0 Å². The van der Waals surface area contributed by atoms with Gasteiger partial charge in [-0.05, 0) is 68.3 Å². The average Bonchev–Trinajstić information content (AvgIpc) is 3.22. The molecule has 0 radical (unpaired) electrons. The van der Waals surface area contributed by atoms with Gasteiger partial charge in [0.05, 0.1) is 35.4 Å². The van der Waals surface area contributed by atoms with Crippen LogP contribution in [0, 0.1) is 13.8 Å². The second-order valence-electron chi connectivity index (χ2n) is 7.08. The van der Waals surface area contributed by atoms with Crippen molar-refractivity contribution in [2.45, 2.75) is 33.4 Å². The van der Waals surface area contributed by atoms with Gasteiger partial charge >= 0.3 is 0 Å². The number of aryl methyl sites for hydroxylation is 2. The molecule has 0 unspecified atom stereocenters. The van der Waals surface area contributed by atoms with Crippen LogP contribution in [0.5, 0.6) is 0 Å². The molecular formula is C23H23N3O2. The molecule has 2 aromatic carbocycles. The maximum Gasteiger partial charge on any atom is 0.266 e. The molecule has 2 heterocycles. The van der Waals surface area contributed by atoms with Gasteiger partial charge in [-0.25, -0.2) is 4.98 Å².